The molecule has 0 bridgehead atoms. The number of nitrogens with one attached hydrogen (secondary N) is 1. The third-order valence-corrected chi connectivity index (χ3v) is 4.61. The van der Waals surface area contributed by atoms with Crippen LogP contribution < -0.4 is 11.1 Å². The third kappa shape index (κ3) is 3.63. The number of carbonyl (C=O) groups is 1. The number of primary amides is 1. The smallest absolute Gasteiger partial charge is 0.248 e. The predicted molar refractivity (Wildman–Crippen MR) is 89.9 cm³/mol. The van der Waals surface area contributed by atoms with Crippen molar-refractivity contribution in [2.45, 2.75) is 24.9 Å². The molecular formula is C19H21FN2O2. The van der Waals surface area contributed by atoms with E-state index in [1.807, 2.05) is 24.3 Å². The number of amides is 1. The van der Waals surface area contributed by atoms with Gasteiger partial charge in [0.15, 0.2) is 0 Å². The molecule has 0 saturated carbocycles. The zero-order valence-electron chi connectivity index (χ0n) is 13.4. The van der Waals surface area contributed by atoms with Crippen molar-refractivity contribution in [3.8, 4) is 0 Å². The SMILES string of the molecule is NC(=O)c1ccc(CNC2(c3ccc(F)cc3)CCOCC2)cc1. The molecule has 0 atom stereocenters. The van der Waals surface area contributed by atoms with E-state index >= 15 is 0 Å². The van der Waals surface area contributed by atoms with Gasteiger partial charge in [-0.15, -0.1) is 0 Å². The molecule has 24 heavy (non-hydrogen) atoms. The van der Waals surface area contributed by atoms with Gasteiger partial charge in [0.2, 0.25) is 5.91 Å². The fourth-order valence-corrected chi connectivity index (χ4v) is 3.11. The van der Waals surface area contributed by atoms with E-state index in [1.54, 1.807) is 12.1 Å². The molecule has 1 aliphatic heterocycles. The van der Waals surface area contributed by atoms with Gasteiger partial charge in [-0.2, -0.15) is 0 Å². The van der Waals surface area contributed by atoms with Gasteiger partial charge in [0.1, 0.15) is 5.82 Å². The van der Waals surface area contributed by atoms with E-state index in [1.165, 1.54) is 12.1 Å². The van der Waals surface area contributed by atoms with Crippen LogP contribution in [0.3, 0.4) is 0 Å². The number of carbonyl (C=O) groups excluding carboxylic acids is 1. The molecule has 0 unspecified atom stereocenters. The molecule has 5 heteroatoms. The van der Waals surface area contributed by atoms with E-state index in [-0.39, 0.29) is 11.4 Å². The maximum Gasteiger partial charge on any atom is 0.248 e. The highest BCUT2D eigenvalue weighted by Crippen LogP contribution is 2.32. The normalized spacial score (nSPS) is 16.7. The quantitative estimate of drug-likeness (QED) is 0.887. The highest BCUT2D eigenvalue weighted by Gasteiger charge is 2.33. The first kappa shape index (κ1) is 16.6. The Hall–Kier alpha value is -2.24. The number of hydrogen-bond acceptors (Lipinski definition) is 3. The van der Waals surface area contributed by atoms with Crippen molar-refractivity contribution in [1.29, 1.82) is 0 Å². The van der Waals surface area contributed by atoms with Gasteiger partial charge in [-0.1, -0.05) is 24.3 Å². The molecule has 3 rings (SSSR count). The summed E-state index contributed by atoms with van der Waals surface area (Å²) in [6.07, 6.45) is 1.66. The average Bonchev–Trinajstić information content (AvgIpc) is 2.62. The summed E-state index contributed by atoms with van der Waals surface area (Å²) < 4.78 is 18.7. The van der Waals surface area contributed by atoms with Crippen molar-refractivity contribution in [2.24, 2.45) is 5.73 Å². The number of halogens is 1. The summed E-state index contributed by atoms with van der Waals surface area (Å²) in [5.74, 6) is -0.662. The zero-order valence-corrected chi connectivity index (χ0v) is 13.4. The van der Waals surface area contributed by atoms with E-state index in [2.05, 4.69) is 5.32 Å². The van der Waals surface area contributed by atoms with Gasteiger partial charge < -0.3 is 15.8 Å². The molecule has 0 aliphatic carbocycles. The second-order valence-electron chi connectivity index (χ2n) is 6.12. The monoisotopic (exact) mass is 328 g/mol. The molecule has 126 valence electrons. The molecule has 3 N–H and O–H groups in total. The first-order valence-corrected chi connectivity index (χ1v) is 8.07. The molecule has 2 aromatic rings. The largest absolute Gasteiger partial charge is 0.381 e. The molecule has 1 heterocycles. The first-order chi connectivity index (χ1) is 11.6. The standard InChI is InChI=1S/C19H21FN2O2/c20-17-7-5-16(6-8-17)19(9-11-24-12-10-19)22-13-14-1-3-15(4-2-14)18(21)23/h1-8,22H,9-13H2,(H2,21,23). The Morgan fingerprint density at radius 2 is 1.71 bits per heavy atom. The summed E-state index contributed by atoms with van der Waals surface area (Å²) in [6, 6.07) is 13.9. The Bertz CT molecular complexity index is 692. The van der Waals surface area contributed by atoms with Crippen molar-refractivity contribution in [3.63, 3.8) is 0 Å². The summed E-state index contributed by atoms with van der Waals surface area (Å²) in [5, 5.41) is 3.62. The van der Waals surface area contributed by atoms with Crippen LogP contribution in [0.25, 0.3) is 0 Å². The fraction of sp³-hybridized carbons (Fsp3) is 0.316. The summed E-state index contributed by atoms with van der Waals surface area (Å²) in [5.41, 5.74) is 7.67. The van der Waals surface area contributed by atoms with E-state index in [9.17, 15) is 9.18 Å². The number of rotatable bonds is 5. The van der Waals surface area contributed by atoms with Crippen LogP contribution >= 0.6 is 0 Å². The fourth-order valence-electron chi connectivity index (χ4n) is 3.11. The minimum Gasteiger partial charge on any atom is -0.381 e. The summed E-state index contributed by atoms with van der Waals surface area (Å²) in [6.45, 7) is 1.99. The summed E-state index contributed by atoms with van der Waals surface area (Å²) >= 11 is 0. The lowest BCUT2D eigenvalue weighted by atomic mass is 9.82. The number of hydrogen-bond donors (Lipinski definition) is 2. The van der Waals surface area contributed by atoms with E-state index in [0.29, 0.717) is 25.3 Å². The van der Waals surface area contributed by atoms with Crippen molar-refractivity contribution < 1.29 is 13.9 Å². The van der Waals surface area contributed by atoms with Gasteiger partial charge in [0, 0.05) is 30.9 Å². The lowest BCUT2D eigenvalue weighted by Crippen LogP contribution is -2.46. The van der Waals surface area contributed by atoms with Gasteiger partial charge in [-0.3, -0.25) is 4.79 Å². The number of ether oxygens (including phenoxy) is 1. The summed E-state index contributed by atoms with van der Waals surface area (Å²) in [4.78, 5) is 11.1. The van der Waals surface area contributed by atoms with Gasteiger partial charge in [0.05, 0.1) is 0 Å². The lowest BCUT2D eigenvalue weighted by molar-refractivity contribution is 0.0357. The van der Waals surface area contributed by atoms with Crippen molar-refractivity contribution in [2.75, 3.05) is 13.2 Å². The van der Waals surface area contributed by atoms with E-state index < -0.39 is 5.91 Å². The molecular weight excluding hydrogens is 307 g/mol. The van der Waals surface area contributed by atoms with Crippen LogP contribution in [0.1, 0.15) is 34.3 Å². The number of nitrogens with two attached hydrogens (primary N) is 1. The lowest BCUT2D eigenvalue weighted by Gasteiger charge is -2.39. The molecule has 0 aromatic heterocycles. The minimum absolute atomic E-state index is 0.228. The van der Waals surface area contributed by atoms with Crippen molar-refractivity contribution >= 4 is 5.91 Å². The summed E-state index contributed by atoms with van der Waals surface area (Å²) in [7, 11) is 0. The second-order valence-corrected chi connectivity index (χ2v) is 6.12. The van der Waals surface area contributed by atoms with Crippen LogP contribution in [0.2, 0.25) is 0 Å². The topological polar surface area (TPSA) is 64.4 Å². The average molecular weight is 328 g/mol. The van der Waals surface area contributed by atoms with Crippen LogP contribution in [0.4, 0.5) is 4.39 Å². The maximum atomic E-state index is 13.2. The molecule has 4 nitrogen and oxygen atoms in total. The van der Waals surface area contributed by atoms with Crippen molar-refractivity contribution in [3.05, 3.63) is 71.0 Å². The zero-order chi connectivity index (χ0) is 17.0. The minimum atomic E-state index is -0.429. The van der Waals surface area contributed by atoms with Crippen LogP contribution in [-0.4, -0.2) is 19.1 Å². The van der Waals surface area contributed by atoms with Gasteiger partial charge in [-0.05, 0) is 48.2 Å². The first-order valence-electron chi connectivity index (χ1n) is 8.07. The highest BCUT2D eigenvalue weighted by molar-refractivity contribution is 5.92. The predicted octanol–water partition coefficient (Wildman–Crippen LogP) is 2.72. The van der Waals surface area contributed by atoms with E-state index in [4.69, 9.17) is 10.5 Å². The highest BCUT2D eigenvalue weighted by atomic mass is 19.1. The molecule has 1 amide bonds. The number of benzene rings is 2. The molecule has 1 aliphatic rings. The Labute approximate surface area is 140 Å². The Morgan fingerprint density at radius 3 is 2.29 bits per heavy atom. The maximum absolute atomic E-state index is 13.2. The van der Waals surface area contributed by atoms with Gasteiger partial charge in [-0.25, -0.2) is 4.39 Å². The Kier molecular flexibility index (Phi) is 4.92. The van der Waals surface area contributed by atoms with Crippen LogP contribution in [0, 0.1) is 5.82 Å². The van der Waals surface area contributed by atoms with Crippen LogP contribution in [0.15, 0.2) is 48.5 Å². The molecule has 0 spiro atoms. The van der Waals surface area contributed by atoms with Crippen LogP contribution in [-0.2, 0) is 16.8 Å². The second kappa shape index (κ2) is 7.11. The van der Waals surface area contributed by atoms with Gasteiger partial charge in [0.25, 0.3) is 0 Å². The molecule has 2 aromatic carbocycles. The van der Waals surface area contributed by atoms with E-state index in [0.717, 1.165) is 24.0 Å². The van der Waals surface area contributed by atoms with Crippen LogP contribution in [0.5, 0.6) is 0 Å². The molecule has 1 fully saturated rings. The van der Waals surface area contributed by atoms with Gasteiger partial charge >= 0.3 is 0 Å². The molecule has 1 saturated heterocycles. The third-order valence-electron chi connectivity index (χ3n) is 4.61. The molecule has 0 radical (unpaired) electrons. The Morgan fingerprint density at radius 1 is 1.08 bits per heavy atom. The Balaban J connectivity index is 1.77. The van der Waals surface area contributed by atoms with Crippen molar-refractivity contribution in [1.82, 2.24) is 5.32 Å².